The zero-order valence-electron chi connectivity index (χ0n) is 19.4. The highest BCUT2D eigenvalue weighted by atomic mass is 16.7. The van der Waals surface area contributed by atoms with Gasteiger partial charge in [0.1, 0.15) is 6.61 Å². The maximum atomic E-state index is 12.1. The first-order chi connectivity index (χ1) is 15.2. The van der Waals surface area contributed by atoms with Gasteiger partial charge in [-0.2, -0.15) is 0 Å². The van der Waals surface area contributed by atoms with Crippen molar-refractivity contribution in [2.75, 3.05) is 6.61 Å². The lowest BCUT2D eigenvalue weighted by molar-refractivity contribution is -0.145. The van der Waals surface area contributed by atoms with Crippen molar-refractivity contribution in [1.29, 1.82) is 0 Å². The average molecular weight is 435 g/mol. The van der Waals surface area contributed by atoms with E-state index in [4.69, 9.17) is 18.8 Å². The van der Waals surface area contributed by atoms with Gasteiger partial charge in [0.2, 0.25) is 5.88 Å². The summed E-state index contributed by atoms with van der Waals surface area (Å²) in [7, 11) is -0.392. The van der Waals surface area contributed by atoms with Crippen molar-refractivity contribution in [3.05, 3.63) is 53.2 Å². The lowest BCUT2D eigenvalue weighted by Crippen LogP contribution is -2.41. The largest absolute Gasteiger partial charge is 0.494 e. The van der Waals surface area contributed by atoms with Crippen LogP contribution < -0.4 is 10.2 Å². The molecule has 0 bridgehead atoms. The van der Waals surface area contributed by atoms with Gasteiger partial charge in [0.25, 0.3) is 0 Å². The number of nitrogens with zero attached hydrogens (tertiary/aromatic N) is 1. The Balaban J connectivity index is 1.23. The number of rotatable bonds is 6. The molecule has 2 heterocycles. The number of fused-ring (bicyclic) bond motifs is 3. The van der Waals surface area contributed by atoms with Gasteiger partial charge in [-0.25, -0.2) is 4.98 Å². The number of carbonyl (C=O) groups is 1. The lowest BCUT2D eigenvalue weighted by atomic mass is 9.78. The topological polar surface area (TPSA) is 66.9 Å². The highest BCUT2D eigenvalue weighted by Gasteiger charge is 2.60. The van der Waals surface area contributed by atoms with E-state index in [0.717, 1.165) is 17.4 Å². The normalized spacial score (nSPS) is 26.4. The zero-order chi connectivity index (χ0) is 22.7. The molecule has 2 aromatic rings. The molecule has 3 atom stereocenters. The van der Waals surface area contributed by atoms with E-state index < -0.39 is 7.12 Å². The Morgan fingerprint density at radius 1 is 1.19 bits per heavy atom. The predicted molar refractivity (Wildman–Crippen MR) is 121 cm³/mol. The van der Waals surface area contributed by atoms with Crippen molar-refractivity contribution in [1.82, 2.24) is 4.98 Å². The number of ether oxygens (including phenoxy) is 2. The van der Waals surface area contributed by atoms with Crippen molar-refractivity contribution in [2.24, 2.45) is 11.8 Å². The third-order valence-corrected chi connectivity index (χ3v) is 7.40. The summed E-state index contributed by atoms with van der Waals surface area (Å²) in [5.74, 6) is 1.17. The predicted octanol–water partition coefficient (Wildman–Crippen LogP) is 3.41. The first-order valence-electron chi connectivity index (χ1n) is 11.4. The van der Waals surface area contributed by atoms with Gasteiger partial charge in [-0.3, -0.25) is 4.79 Å². The van der Waals surface area contributed by atoms with Gasteiger partial charge in [-0.1, -0.05) is 24.3 Å². The summed E-state index contributed by atoms with van der Waals surface area (Å²) in [6.07, 6.45) is 2.76. The fraction of sp³-hybridized carbons (Fsp3) is 0.520. The Hall–Kier alpha value is -2.38. The monoisotopic (exact) mass is 435 g/mol. The summed E-state index contributed by atoms with van der Waals surface area (Å²) in [5.41, 5.74) is 3.68. The maximum absolute atomic E-state index is 12.1. The molecule has 1 saturated carbocycles. The second-order valence-corrected chi connectivity index (χ2v) is 10.0. The van der Waals surface area contributed by atoms with E-state index >= 15 is 0 Å². The third-order valence-electron chi connectivity index (χ3n) is 7.40. The quantitative estimate of drug-likeness (QED) is 0.512. The molecular weight excluding hydrogens is 405 g/mol. The van der Waals surface area contributed by atoms with Crippen LogP contribution in [0.5, 0.6) is 5.88 Å². The van der Waals surface area contributed by atoms with E-state index in [1.165, 1.54) is 11.1 Å². The van der Waals surface area contributed by atoms with Crippen LogP contribution >= 0.6 is 0 Å². The van der Waals surface area contributed by atoms with Gasteiger partial charge in [0.05, 0.1) is 23.7 Å². The summed E-state index contributed by atoms with van der Waals surface area (Å²) >= 11 is 0. The lowest BCUT2D eigenvalue weighted by Gasteiger charge is -2.32. The number of hydrogen-bond donors (Lipinski definition) is 0. The van der Waals surface area contributed by atoms with E-state index in [1.54, 1.807) is 0 Å². The Morgan fingerprint density at radius 3 is 2.66 bits per heavy atom. The van der Waals surface area contributed by atoms with Crippen LogP contribution in [0.2, 0.25) is 0 Å². The molecule has 2 fully saturated rings. The number of pyridine rings is 1. The van der Waals surface area contributed by atoms with Gasteiger partial charge in [0.15, 0.2) is 0 Å². The van der Waals surface area contributed by atoms with Crippen LogP contribution in [0, 0.1) is 11.8 Å². The van der Waals surface area contributed by atoms with Crippen LogP contribution in [0.25, 0.3) is 0 Å². The summed E-state index contributed by atoms with van der Waals surface area (Å²) < 4.78 is 23.5. The van der Waals surface area contributed by atoms with Gasteiger partial charge in [0, 0.05) is 18.2 Å². The molecule has 5 rings (SSSR count). The molecule has 1 aromatic heterocycles. The molecule has 32 heavy (non-hydrogen) atoms. The first-order valence-corrected chi connectivity index (χ1v) is 11.4. The van der Waals surface area contributed by atoms with Crippen LogP contribution in [0.1, 0.15) is 57.2 Å². The number of carbonyl (C=O) groups excluding carboxylic acids is 1. The Bertz CT molecular complexity index is 1040. The smallest absolute Gasteiger partial charge is 0.473 e. The van der Waals surface area contributed by atoms with Crippen LogP contribution in [0.4, 0.5) is 0 Å². The van der Waals surface area contributed by atoms with E-state index in [9.17, 15) is 4.79 Å². The number of esters is 1. The number of benzene rings is 1. The molecule has 6 nitrogen and oxygen atoms in total. The van der Waals surface area contributed by atoms with Gasteiger partial charge < -0.3 is 18.8 Å². The van der Waals surface area contributed by atoms with Crippen molar-refractivity contribution < 1.29 is 23.6 Å². The molecule has 1 aromatic carbocycles. The molecule has 0 spiro atoms. The second kappa shape index (κ2) is 7.60. The Labute approximate surface area is 189 Å². The van der Waals surface area contributed by atoms with Crippen molar-refractivity contribution in [3.8, 4) is 5.88 Å². The van der Waals surface area contributed by atoms with Crippen LogP contribution in [-0.4, -0.2) is 35.9 Å². The fourth-order valence-corrected chi connectivity index (χ4v) is 4.87. The van der Waals surface area contributed by atoms with Crippen molar-refractivity contribution in [3.63, 3.8) is 0 Å². The molecule has 168 valence electrons. The molecule has 1 saturated heterocycles. The zero-order valence-corrected chi connectivity index (χ0v) is 19.4. The van der Waals surface area contributed by atoms with E-state index in [-0.39, 0.29) is 29.0 Å². The highest BCUT2D eigenvalue weighted by Crippen LogP contribution is 2.61. The molecule has 0 radical (unpaired) electrons. The SMILES string of the molecule is CCOC(=O)C1C2Cc3cc(OCc4cccc(B5OC(C)(C)C(C)(C)O5)c4)ncc3C21. The molecule has 1 aliphatic heterocycles. The maximum Gasteiger partial charge on any atom is 0.494 e. The summed E-state index contributed by atoms with van der Waals surface area (Å²) in [5, 5.41) is 0. The van der Waals surface area contributed by atoms with Crippen molar-refractivity contribution in [2.45, 2.75) is 64.8 Å². The summed E-state index contributed by atoms with van der Waals surface area (Å²) in [6.45, 7) is 10.9. The second-order valence-electron chi connectivity index (χ2n) is 10.0. The minimum Gasteiger partial charge on any atom is -0.473 e. The van der Waals surface area contributed by atoms with E-state index in [0.29, 0.717) is 25.0 Å². The van der Waals surface area contributed by atoms with Gasteiger partial charge in [-0.05, 0) is 69.1 Å². The van der Waals surface area contributed by atoms with Gasteiger partial charge in [-0.15, -0.1) is 0 Å². The number of aromatic nitrogens is 1. The molecule has 0 amide bonds. The van der Waals surface area contributed by atoms with Crippen LogP contribution in [-0.2, 0) is 31.9 Å². The van der Waals surface area contributed by atoms with E-state index in [2.05, 4.69) is 38.7 Å². The molecule has 3 aliphatic rings. The Kier molecular flexibility index (Phi) is 5.10. The summed E-state index contributed by atoms with van der Waals surface area (Å²) in [4.78, 5) is 16.6. The van der Waals surface area contributed by atoms with Crippen LogP contribution in [0.15, 0.2) is 36.5 Å². The van der Waals surface area contributed by atoms with Crippen molar-refractivity contribution >= 4 is 18.6 Å². The standard InChI is InChI=1S/C25H30BNO5/c1-6-29-23(28)22-18-11-16-12-20(27-13-19(16)21(18)22)30-14-15-8-7-9-17(10-15)26-31-24(2,3)25(4,5)32-26/h7-10,12-13,18,21-22H,6,11,14H2,1-5H3. The van der Waals surface area contributed by atoms with Crippen LogP contribution in [0.3, 0.4) is 0 Å². The Morgan fingerprint density at radius 2 is 1.94 bits per heavy atom. The minimum atomic E-state index is -0.392. The minimum absolute atomic E-state index is 0.00809. The summed E-state index contributed by atoms with van der Waals surface area (Å²) in [6, 6.07) is 10.1. The molecular formula is C25H30BNO5. The average Bonchev–Trinajstić information content (AvgIpc) is 3.25. The highest BCUT2D eigenvalue weighted by molar-refractivity contribution is 6.62. The van der Waals surface area contributed by atoms with Gasteiger partial charge >= 0.3 is 13.1 Å². The molecule has 0 N–H and O–H groups in total. The fourth-order valence-electron chi connectivity index (χ4n) is 4.87. The number of hydrogen-bond acceptors (Lipinski definition) is 6. The van der Waals surface area contributed by atoms with E-state index in [1.807, 2.05) is 37.4 Å². The molecule has 7 heteroatoms. The molecule has 3 unspecified atom stereocenters. The molecule has 2 aliphatic carbocycles. The first kappa shape index (κ1) is 21.5. The third kappa shape index (κ3) is 3.61.